The molecule has 0 unspecified atom stereocenters. The largest absolute Gasteiger partial charge is 0.358 e. The standard InChI is InChI=1S/C11H14N.CH3.Ir/c1-6-11-9(4)7(2)8(3)10(5)12-11;;/h1,6H,2-5H3;1H3;/q2*-1;. The Balaban J connectivity index is 0. The van der Waals surface area contributed by atoms with Crippen LogP contribution in [-0.4, -0.2) is 4.98 Å². The predicted molar refractivity (Wildman–Crippen MR) is 58.4 cm³/mol. The van der Waals surface area contributed by atoms with Gasteiger partial charge in [0.05, 0.1) is 0 Å². The number of hydrogen-bond acceptors (Lipinski definition) is 1. The maximum absolute atomic E-state index is 5.45. The van der Waals surface area contributed by atoms with Gasteiger partial charge in [0, 0.05) is 25.8 Å². The molecule has 0 spiro atoms. The van der Waals surface area contributed by atoms with Crippen molar-refractivity contribution >= 4 is 6.08 Å². The fourth-order valence-electron chi connectivity index (χ4n) is 1.26. The van der Waals surface area contributed by atoms with E-state index in [0.29, 0.717) is 0 Å². The Morgan fingerprint density at radius 3 is 1.93 bits per heavy atom. The summed E-state index contributed by atoms with van der Waals surface area (Å²) in [7, 11) is 0. The molecule has 0 aliphatic carbocycles. The summed E-state index contributed by atoms with van der Waals surface area (Å²) in [6.45, 7) is 13.7. The van der Waals surface area contributed by atoms with E-state index in [9.17, 15) is 0 Å². The van der Waals surface area contributed by atoms with Crippen molar-refractivity contribution < 1.29 is 20.1 Å². The van der Waals surface area contributed by atoms with Gasteiger partial charge in [0.25, 0.3) is 0 Å². The second kappa shape index (κ2) is 6.10. The first kappa shape index (κ1) is 16.0. The van der Waals surface area contributed by atoms with Gasteiger partial charge in [0.2, 0.25) is 0 Å². The summed E-state index contributed by atoms with van der Waals surface area (Å²) in [5.41, 5.74) is 5.70. The van der Waals surface area contributed by atoms with E-state index in [-0.39, 0.29) is 27.5 Å². The van der Waals surface area contributed by atoms with Gasteiger partial charge in [-0.25, -0.2) is 6.08 Å². The van der Waals surface area contributed by atoms with E-state index in [1.807, 2.05) is 13.8 Å². The molecule has 1 heterocycles. The Morgan fingerprint density at radius 1 is 1.00 bits per heavy atom. The molecule has 0 fully saturated rings. The summed E-state index contributed by atoms with van der Waals surface area (Å²) in [6.07, 6.45) is 1.56. The summed E-state index contributed by atoms with van der Waals surface area (Å²) in [6, 6.07) is 0. The van der Waals surface area contributed by atoms with Gasteiger partial charge >= 0.3 is 0 Å². The van der Waals surface area contributed by atoms with Gasteiger partial charge in [-0.3, -0.25) is 6.58 Å². The third-order valence-corrected chi connectivity index (χ3v) is 2.50. The quantitative estimate of drug-likeness (QED) is 0.695. The smallest absolute Gasteiger partial charge is 0.0193 e. The molecular weight excluding hydrogens is 350 g/mol. The Bertz CT molecular complexity index is 330. The predicted octanol–water partition coefficient (Wildman–Crippen LogP) is 3.21. The van der Waals surface area contributed by atoms with Gasteiger partial charge in [-0.15, -0.1) is 5.56 Å². The molecule has 1 aromatic rings. The molecule has 0 aliphatic heterocycles. The van der Waals surface area contributed by atoms with Crippen LogP contribution in [0.2, 0.25) is 0 Å². The first-order valence-electron chi connectivity index (χ1n) is 4.07. The molecule has 1 nitrogen and oxygen atoms in total. The number of nitrogens with zero attached hydrogens (tertiary/aromatic N) is 1. The molecule has 0 amide bonds. The van der Waals surface area contributed by atoms with Gasteiger partial charge in [-0.2, -0.15) is 0 Å². The van der Waals surface area contributed by atoms with Crippen LogP contribution in [0, 0.1) is 41.7 Å². The van der Waals surface area contributed by atoms with Crippen LogP contribution in [0.1, 0.15) is 28.1 Å². The Kier molecular flexibility index (Phi) is 6.97. The SMILES string of the molecule is [CH-]=Cc1nc(C)c(C)c(C)c1C.[CH3-].[Ir]. The molecule has 1 rings (SSSR count). The molecule has 0 atom stereocenters. The minimum Gasteiger partial charge on any atom is -0.358 e. The van der Waals surface area contributed by atoms with E-state index >= 15 is 0 Å². The summed E-state index contributed by atoms with van der Waals surface area (Å²) in [4.78, 5) is 4.37. The first-order valence-corrected chi connectivity index (χ1v) is 4.07. The van der Waals surface area contributed by atoms with E-state index in [2.05, 4.69) is 18.8 Å². The van der Waals surface area contributed by atoms with E-state index in [4.69, 9.17) is 6.58 Å². The average molecular weight is 367 g/mol. The van der Waals surface area contributed by atoms with Crippen molar-refractivity contribution in [2.24, 2.45) is 0 Å². The van der Waals surface area contributed by atoms with E-state index in [0.717, 1.165) is 11.4 Å². The topological polar surface area (TPSA) is 12.9 Å². The van der Waals surface area contributed by atoms with E-state index in [1.165, 1.54) is 16.7 Å². The maximum atomic E-state index is 5.45. The van der Waals surface area contributed by atoms with Crippen molar-refractivity contribution in [1.82, 2.24) is 4.98 Å². The van der Waals surface area contributed by atoms with Crippen LogP contribution >= 0.6 is 0 Å². The zero-order valence-electron chi connectivity index (χ0n) is 9.44. The monoisotopic (exact) mass is 368 g/mol. The molecule has 0 saturated heterocycles. The molecular formula is C12H17IrN-2. The third kappa shape index (κ3) is 2.76. The Labute approximate surface area is 101 Å². The minimum atomic E-state index is 0. The molecule has 0 bridgehead atoms. The van der Waals surface area contributed by atoms with Crippen LogP contribution < -0.4 is 0 Å². The number of pyridine rings is 1. The van der Waals surface area contributed by atoms with Crippen LogP contribution in [0.15, 0.2) is 0 Å². The van der Waals surface area contributed by atoms with Crippen molar-refractivity contribution in [3.63, 3.8) is 0 Å². The summed E-state index contributed by atoms with van der Waals surface area (Å²) < 4.78 is 0. The van der Waals surface area contributed by atoms with Crippen molar-refractivity contribution in [1.29, 1.82) is 0 Å². The minimum absolute atomic E-state index is 0. The first-order chi connectivity index (χ1) is 5.57. The van der Waals surface area contributed by atoms with Gasteiger partial charge in [-0.1, -0.05) is 18.2 Å². The van der Waals surface area contributed by atoms with Crippen LogP contribution in [0.4, 0.5) is 0 Å². The van der Waals surface area contributed by atoms with Crippen molar-refractivity contribution in [3.05, 3.63) is 42.1 Å². The fourth-order valence-corrected chi connectivity index (χ4v) is 1.26. The molecule has 0 N–H and O–H groups in total. The number of hydrogen-bond donors (Lipinski definition) is 0. The number of rotatable bonds is 1. The Hall–Kier alpha value is -0.461. The molecule has 1 aromatic heterocycles. The van der Waals surface area contributed by atoms with Crippen molar-refractivity contribution in [3.8, 4) is 0 Å². The molecule has 14 heavy (non-hydrogen) atoms. The molecule has 2 heteroatoms. The van der Waals surface area contributed by atoms with Crippen molar-refractivity contribution in [2.75, 3.05) is 0 Å². The normalized spacial score (nSPS) is 8.57. The second-order valence-corrected chi connectivity index (χ2v) is 3.12. The molecule has 1 radical (unpaired) electrons. The average Bonchev–Trinajstić information content (AvgIpc) is 2.08. The van der Waals surface area contributed by atoms with Crippen LogP contribution in [0.25, 0.3) is 6.08 Å². The van der Waals surface area contributed by atoms with Crippen molar-refractivity contribution in [2.45, 2.75) is 27.7 Å². The van der Waals surface area contributed by atoms with E-state index in [1.54, 1.807) is 6.08 Å². The molecule has 0 aliphatic rings. The summed E-state index contributed by atoms with van der Waals surface area (Å²) in [5, 5.41) is 0. The molecule has 0 saturated carbocycles. The van der Waals surface area contributed by atoms with Gasteiger partial charge in [0.15, 0.2) is 0 Å². The van der Waals surface area contributed by atoms with Crippen LogP contribution in [0.5, 0.6) is 0 Å². The summed E-state index contributed by atoms with van der Waals surface area (Å²) in [5.74, 6) is 0. The van der Waals surface area contributed by atoms with E-state index < -0.39 is 0 Å². The number of aromatic nitrogens is 1. The van der Waals surface area contributed by atoms with Crippen LogP contribution in [0.3, 0.4) is 0 Å². The zero-order valence-corrected chi connectivity index (χ0v) is 11.8. The van der Waals surface area contributed by atoms with Gasteiger partial charge in [0.1, 0.15) is 0 Å². The van der Waals surface area contributed by atoms with Crippen LogP contribution in [-0.2, 0) is 20.1 Å². The van der Waals surface area contributed by atoms with Gasteiger partial charge in [-0.05, 0) is 26.3 Å². The second-order valence-electron chi connectivity index (χ2n) is 3.12. The molecule has 81 valence electrons. The number of aryl methyl sites for hydroxylation is 1. The molecule has 0 aromatic carbocycles. The fraction of sp³-hybridized carbons (Fsp3) is 0.333. The summed E-state index contributed by atoms with van der Waals surface area (Å²) >= 11 is 0. The van der Waals surface area contributed by atoms with Gasteiger partial charge < -0.3 is 12.4 Å². The zero-order chi connectivity index (χ0) is 9.30. The maximum Gasteiger partial charge on any atom is 0.0193 e. The third-order valence-electron chi connectivity index (χ3n) is 2.50. The Morgan fingerprint density at radius 2 is 1.50 bits per heavy atom.